The van der Waals surface area contributed by atoms with E-state index in [1.54, 1.807) is 0 Å². The first-order valence-corrected chi connectivity index (χ1v) is 19.7. The Bertz CT molecular complexity index is 2160. The van der Waals surface area contributed by atoms with Crippen molar-refractivity contribution in [2.24, 2.45) is 20.5 Å². The van der Waals surface area contributed by atoms with Crippen LogP contribution in [0.4, 0.5) is 28.4 Å². The first-order valence-electron chi connectivity index (χ1n) is 13.8. The first-order chi connectivity index (χ1) is 24.9. The number of hydrogen-bond acceptors (Lipinski definition) is 23. The van der Waals surface area contributed by atoms with Crippen LogP contribution in [0.3, 0.4) is 0 Å². The number of nitrogens with zero attached hydrogens (tertiary/aromatic N) is 4. The highest BCUT2D eigenvalue weighted by Gasteiger charge is 2.20. The topological polar surface area (TPSA) is 306 Å². The summed E-state index contributed by atoms with van der Waals surface area (Å²) in [7, 11) is -7.75. The van der Waals surface area contributed by atoms with Crippen LogP contribution >= 0.6 is 24.4 Å². The molecule has 0 saturated heterocycles. The van der Waals surface area contributed by atoms with Crippen LogP contribution in [0, 0.1) is 0 Å². The minimum atomic E-state index is -3.99. The van der Waals surface area contributed by atoms with Crippen LogP contribution in [0.25, 0.3) is 10.8 Å². The Labute approximate surface area is 304 Å². The molecule has 21 nitrogen and oxygen atoms in total. The predicted molar refractivity (Wildman–Crippen MR) is 182 cm³/mol. The van der Waals surface area contributed by atoms with Crippen LogP contribution in [-0.4, -0.2) is 65.8 Å². The molecule has 0 aliphatic rings. The van der Waals surface area contributed by atoms with Crippen molar-refractivity contribution in [2.75, 3.05) is 29.6 Å². The maximum Gasteiger partial charge on any atom is 0.197 e. The molecular formula is C26H25N5O16S5. The van der Waals surface area contributed by atoms with Gasteiger partial charge >= 0.3 is 0 Å². The van der Waals surface area contributed by atoms with Gasteiger partial charge in [-0.2, -0.15) is 10.2 Å². The molecule has 0 fully saturated rings. The molecule has 4 rings (SSSR count). The van der Waals surface area contributed by atoms with E-state index < -0.39 is 53.8 Å². The van der Waals surface area contributed by atoms with Crippen LogP contribution in [0.1, 0.15) is 0 Å². The fourth-order valence-corrected chi connectivity index (χ4v) is 8.39. The van der Waals surface area contributed by atoms with Gasteiger partial charge in [-0.1, -0.05) is 21.2 Å². The fraction of sp³-hybridized carbons (Fsp3) is 0.154. The molecule has 0 aliphatic carbocycles. The van der Waals surface area contributed by atoms with E-state index in [-0.39, 0.29) is 72.8 Å². The number of rotatable bonds is 20. The van der Waals surface area contributed by atoms with Gasteiger partial charge in [-0.25, -0.2) is 36.8 Å². The number of azo groups is 2. The molecule has 0 radical (unpaired) electrons. The predicted octanol–water partition coefficient (Wildman–Crippen LogP) is 6.02. The van der Waals surface area contributed by atoms with Crippen molar-refractivity contribution >= 4 is 94.3 Å². The SMILES string of the molecule is Nc1ccc2c(O)c(/N=N/c3cccc(S(=O)(=O)CCS(=O)OOO)c3)c(SOOO)cc2c1/N=N/c1ccc(S(=O)(=O)CCOSOOO)cc1. The first kappa shape index (κ1) is 41.1. The molecule has 0 aliphatic heterocycles. The monoisotopic (exact) mass is 823 g/mol. The number of sulfone groups is 2. The normalized spacial score (nSPS) is 13.1. The second kappa shape index (κ2) is 19.4. The third kappa shape index (κ3) is 11.1. The molecule has 0 aromatic heterocycles. The molecule has 0 bridgehead atoms. The van der Waals surface area contributed by atoms with Crippen LogP contribution in [0.2, 0.25) is 0 Å². The van der Waals surface area contributed by atoms with Crippen molar-refractivity contribution in [1.82, 2.24) is 0 Å². The molecule has 1 atom stereocenters. The summed E-state index contributed by atoms with van der Waals surface area (Å²) in [6.07, 6.45) is 0. The van der Waals surface area contributed by atoms with Crippen LogP contribution < -0.4 is 5.73 Å². The summed E-state index contributed by atoms with van der Waals surface area (Å²) in [6.45, 7) is -0.271. The van der Waals surface area contributed by atoms with Gasteiger partial charge in [-0.15, -0.1) is 23.2 Å². The molecule has 1 unspecified atom stereocenters. The van der Waals surface area contributed by atoms with E-state index in [0.29, 0.717) is 12.0 Å². The highest BCUT2D eigenvalue weighted by atomic mass is 32.2. The minimum absolute atomic E-state index is 0.0228. The van der Waals surface area contributed by atoms with Gasteiger partial charge < -0.3 is 10.8 Å². The van der Waals surface area contributed by atoms with Crippen molar-refractivity contribution in [3.8, 4) is 5.75 Å². The summed E-state index contributed by atoms with van der Waals surface area (Å²) in [5, 5.41) is 63.5. The van der Waals surface area contributed by atoms with E-state index in [2.05, 4.69) is 48.6 Å². The number of phenolic OH excluding ortho intramolecular Hbond substituents is 1. The number of fused-ring (bicyclic) bond motifs is 1. The second-order valence-electron chi connectivity index (χ2n) is 9.61. The summed E-state index contributed by atoms with van der Waals surface area (Å²) in [6, 6.07) is 14.9. The Balaban J connectivity index is 1.62. The highest BCUT2D eigenvalue weighted by molar-refractivity contribution is 7.94. The molecule has 6 N–H and O–H groups in total. The summed E-state index contributed by atoms with van der Waals surface area (Å²) in [5.41, 5.74) is 6.48. The molecule has 280 valence electrons. The number of benzene rings is 4. The molecule has 0 spiro atoms. The van der Waals surface area contributed by atoms with Crippen LogP contribution in [0.15, 0.2) is 102 Å². The van der Waals surface area contributed by atoms with Crippen molar-refractivity contribution < 1.29 is 74.2 Å². The summed E-state index contributed by atoms with van der Waals surface area (Å²) in [5.74, 6) is -1.99. The van der Waals surface area contributed by atoms with Crippen LogP contribution in [-0.2, 0) is 63.1 Å². The molecule has 0 amide bonds. The second-order valence-corrected chi connectivity index (χ2v) is 16.2. The van der Waals surface area contributed by atoms with Gasteiger partial charge in [0.05, 0.1) is 67.7 Å². The number of aromatic hydroxyl groups is 1. The smallest absolute Gasteiger partial charge is 0.197 e. The molecule has 4 aromatic rings. The lowest BCUT2D eigenvalue weighted by Crippen LogP contribution is -2.14. The van der Waals surface area contributed by atoms with E-state index in [0.717, 1.165) is 0 Å². The van der Waals surface area contributed by atoms with Gasteiger partial charge in [0.1, 0.15) is 11.4 Å². The maximum atomic E-state index is 12.7. The lowest BCUT2D eigenvalue weighted by atomic mass is 10.1. The number of nitrogens with two attached hydrogens (primary N) is 1. The average Bonchev–Trinajstić information content (AvgIpc) is 3.12. The Morgan fingerprint density at radius 1 is 0.731 bits per heavy atom. The van der Waals surface area contributed by atoms with Gasteiger partial charge in [-0.05, 0) is 60.7 Å². The Hall–Kier alpha value is -3.71. The van der Waals surface area contributed by atoms with Crippen molar-refractivity contribution in [1.29, 1.82) is 0 Å². The zero-order chi connectivity index (χ0) is 37.7. The summed E-state index contributed by atoms with van der Waals surface area (Å²) in [4.78, 5) is -0.212. The van der Waals surface area contributed by atoms with E-state index in [4.69, 9.17) is 25.7 Å². The zero-order valence-corrected chi connectivity index (χ0v) is 29.9. The molecule has 26 heteroatoms. The Kier molecular flexibility index (Phi) is 15.3. The molecular weight excluding hydrogens is 799 g/mol. The van der Waals surface area contributed by atoms with Crippen molar-refractivity contribution in [2.45, 2.75) is 14.7 Å². The fourth-order valence-electron chi connectivity index (χ4n) is 4.11. The Morgan fingerprint density at radius 2 is 1.42 bits per heavy atom. The number of anilines is 1. The quantitative estimate of drug-likeness (QED) is 0.0170. The van der Waals surface area contributed by atoms with E-state index in [1.165, 1.54) is 66.7 Å². The van der Waals surface area contributed by atoms with Crippen molar-refractivity contribution in [3.05, 3.63) is 66.7 Å². The molecule has 0 heterocycles. The zero-order valence-electron chi connectivity index (χ0n) is 25.8. The van der Waals surface area contributed by atoms with Gasteiger partial charge in [-0.3, -0.25) is 4.18 Å². The average molecular weight is 824 g/mol. The van der Waals surface area contributed by atoms with E-state index in [9.17, 15) is 26.2 Å². The molecule has 52 heavy (non-hydrogen) atoms. The van der Waals surface area contributed by atoms with Gasteiger partial charge in [0.25, 0.3) is 0 Å². The standard InChI is InChI=1S/C26H25N5O16S5/c27-22-9-8-20-21(24(22)30-28-16-4-6-18(7-5-16)51(37,38)12-10-41-49-46-43-34)15-23(48-45-42-33)25(26(20)32)31-29-17-2-1-3-19(14-17)52(39,40)13-11-50(36)47-44-35/h1-9,14-15,32-35H,10-13,27H2/b30-28+,31-29+. The summed E-state index contributed by atoms with van der Waals surface area (Å²) >= 11 is -1.57. The third-order valence-electron chi connectivity index (χ3n) is 6.46. The van der Waals surface area contributed by atoms with Gasteiger partial charge in [0.15, 0.2) is 48.8 Å². The largest absolute Gasteiger partial charge is 0.505 e. The van der Waals surface area contributed by atoms with Crippen LogP contribution in [0.5, 0.6) is 5.75 Å². The number of nitrogen functional groups attached to an aromatic ring is 1. The molecule has 0 saturated carbocycles. The number of phenols is 1. The van der Waals surface area contributed by atoms with E-state index >= 15 is 0 Å². The third-order valence-corrected chi connectivity index (χ3v) is 11.9. The van der Waals surface area contributed by atoms with E-state index in [1.807, 2.05) is 0 Å². The van der Waals surface area contributed by atoms with Crippen molar-refractivity contribution in [3.63, 3.8) is 0 Å². The number of hydrogen-bond donors (Lipinski definition) is 5. The molecule has 4 aromatic carbocycles. The Morgan fingerprint density at radius 3 is 2.13 bits per heavy atom. The van der Waals surface area contributed by atoms with Gasteiger partial charge in [0, 0.05) is 10.8 Å². The lowest BCUT2D eigenvalue weighted by Gasteiger charge is -2.11. The summed E-state index contributed by atoms with van der Waals surface area (Å²) < 4.78 is 79.4. The maximum absolute atomic E-state index is 12.7. The lowest BCUT2D eigenvalue weighted by molar-refractivity contribution is -0.434. The minimum Gasteiger partial charge on any atom is -0.505 e. The van der Waals surface area contributed by atoms with Gasteiger partial charge in [0.2, 0.25) is 0 Å². The highest BCUT2D eigenvalue weighted by Crippen LogP contribution is 2.47.